The molecule has 1 amide bonds. The minimum atomic E-state index is -0.301. The lowest BCUT2D eigenvalue weighted by Crippen LogP contribution is -2.50. The van der Waals surface area contributed by atoms with Gasteiger partial charge in [0, 0.05) is 12.2 Å². The number of nitrogens with zero attached hydrogens (tertiary/aromatic N) is 3. The van der Waals surface area contributed by atoms with Crippen molar-refractivity contribution in [3.8, 4) is 5.69 Å². The van der Waals surface area contributed by atoms with Crippen LogP contribution in [0.15, 0.2) is 42.9 Å². The summed E-state index contributed by atoms with van der Waals surface area (Å²) in [5.41, 5.74) is 1.37. The molecule has 1 aromatic carbocycles. The second-order valence-electron chi connectivity index (χ2n) is 4.89. The fourth-order valence-corrected chi connectivity index (χ4v) is 2.47. The number of amides is 1. The molecule has 1 fully saturated rings. The number of aliphatic hydroxyl groups excluding tert-OH is 1. The largest absolute Gasteiger partial charge is 0.394 e. The Bertz CT molecular complexity index is 612. The van der Waals surface area contributed by atoms with Gasteiger partial charge in [0.15, 0.2) is 0 Å². The van der Waals surface area contributed by atoms with Gasteiger partial charge in [0.05, 0.1) is 38.4 Å². The lowest BCUT2D eigenvalue weighted by atomic mass is 10.2. The van der Waals surface area contributed by atoms with E-state index in [0.29, 0.717) is 25.5 Å². The summed E-state index contributed by atoms with van der Waals surface area (Å²) in [6, 6.07) is 9.28. The minimum Gasteiger partial charge on any atom is -0.394 e. The number of para-hydroxylation sites is 1. The van der Waals surface area contributed by atoms with E-state index in [-0.39, 0.29) is 18.6 Å². The van der Waals surface area contributed by atoms with E-state index in [0.717, 1.165) is 5.69 Å². The van der Waals surface area contributed by atoms with Crippen molar-refractivity contribution in [2.75, 3.05) is 26.4 Å². The Hall–Kier alpha value is -2.18. The molecule has 1 aromatic heterocycles. The van der Waals surface area contributed by atoms with Gasteiger partial charge in [-0.1, -0.05) is 18.2 Å². The molecular formula is C15H17N3O3. The van der Waals surface area contributed by atoms with E-state index in [1.54, 1.807) is 22.0 Å². The first-order valence-corrected chi connectivity index (χ1v) is 6.88. The summed E-state index contributed by atoms with van der Waals surface area (Å²) in [5.74, 6) is -0.140. The van der Waals surface area contributed by atoms with E-state index in [2.05, 4.69) is 4.98 Å². The van der Waals surface area contributed by atoms with Crippen LogP contribution in [0.1, 0.15) is 10.5 Å². The van der Waals surface area contributed by atoms with Crippen molar-refractivity contribution in [2.24, 2.45) is 0 Å². The molecular weight excluding hydrogens is 270 g/mol. The Labute approximate surface area is 122 Å². The minimum absolute atomic E-state index is 0.106. The fraction of sp³-hybridized carbons (Fsp3) is 0.333. The molecule has 1 unspecified atom stereocenters. The van der Waals surface area contributed by atoms with Gasteiger partial charge in [-0.05, 0) is 12.1 Å². The number of hydrogen-bond donors (Lipinski definition) is 1. The number of aliphatic hydroxyl groups is 1. The number of morpholine rings is 1. The summed E-state index contributed by atoms with van der Waals surface area (Å²) < 4.78 is 7.07. The van der Waals surface area contributed by atoms with Crippen LogP contribution in [-0.4, -0.2) is 57.9 Å². The van der Waals surface area contributed by atoms with Crippen molar-refractivity contribution < 1.29 is 14.6 Å². The van der Waals surface area contributed by atoms with Crippen LogP contribution in [0.3, 0.4) is 0 Å². The molecule has 110 valence electrons. The molecule has 2 heterocycles. The number of aromatic nitrogens is 2. The monoisotopic (exact) mass is 287 g/mol. The molecule has 0 bridgehead atoms. The highest BCUT2D eigenvalue weighted by Crippen LogP contribution is 2.16. The van der Waals surface area contributed by atoms with Gasteiger partial charge in [0.25, 0.3) is 5.91 Å². The van der Waals surface area contributed by atoms with E-state index in [1.165, 1.54) is 0 Å². The van der Waals surface area contributed by atoms with Gasteiger partial charge in [-0.25, -0.2) is 4.98 Å². The van der Waals surface area contributed by atoms with Crippen LogP contribution in [0, 0.1) is 0 Å². The number of carbonyl (C=O) groups excluding carboxylic acids is 1. The molecule has 21 heavy (non-hydrogen) atoms. The molecule has 1 aliphatic rings. The summed E-state index contributed by atoms with van der Waals surface area (Å²) >= 11 is 0. The highest BCUT2D eigenvalue weighted by molar-refractivity contribution is 5.93. The van der Waals surface area contributed by atoms with Crippen LogP contribution in [0.5, 0.6) is 0 Å². The zero-order valence-electron chi connectivity index (χ0n) is 11.6. The van der Waals surface area contributed by atoms with E-state index >= 15 is 0 Å². The summed E-state index contributed by atoms with van der Waals surface area (Å²) in [4.78, 5) is 18.5. The predicted molar refractivity (Wildman–Crippen MR) is 76.3 cm³/mol. The Morgan fingerprint density at radius 2 is 2.19 bits per heavy atom. The fourth-order valence-electron chi connectivity index (χ4n) is 2.47. The first-order valence-electron chi connectivity index (χ1n) is 6.88. The van der Waals surface area contributed by atoms with E-state index in [4.69, 9.17) is 4.74 Å². The van der Waals surface area contributed by atoms with Crippen LogP contribution in [0.25, 0.3) is 5.69 Å². The maximum absolute atomic E-state index is 12.7. The molecule has 3 rings (SSSR count). The summed E-state index contributed by atoms with van der Waals surface area (Å²) in [6.45, 7) is 1.22. The van der Waals surface area contributed by atoms with Gasteiger partial charge in [-0.2, -0.15) is 0 Å². The Morgan fingerprint density at radius 3 is 2.95 bits per heavy atom. The SMILES string of the molecule is O=C(c1cncn1-c1ccccc1)N1CCOCC1CO. The molecule has 6 nitrogen and oxygen atoms in total. The van der Waals surface area contributed by atoms with Crippen LogP contribution in [0.2, 0.25) is 0 Å². The second kappa shape index (κ2) is 6.07. The number of imidazole rings is 1. The lowest BCUT2D eigenvalue weighted by molar-refractivity contribution is -0.0187. The third-order valence-electron chi connectivity index (χ3n) is 3.59. The average molecular weight is 287 g/mol. The topological polar surface area (TPSA) is 67.6 Å². The Kier molecular flexibility index (Phi) is 3.98. The summed E-state index contributed by atoms with van der Waals surface area (Å²) in [6.07, 6.45) is 3.18. The Morgan fingerprint density at radius 1 is 1.38 bits per heavy atom. The Balaban J connectivity index is 1.90. The second-order valence-corrected chi connectivity index (χ2v) is 4.89. The van der Waals surface area contributed by atoms with Crippen LogP contribution in [0.4, 0.5) is 0 Å². The molecule has 2 aromatic rings. The quantitative estimate of drug-likeness (QED) is 0.902. The van der Waals surface area contributed by atoms with Crippen LogP contribution >= 0.6 is 0 Å². The first kappa shape index (κ1) is 13.8. The number of ether oxygens (including phenoxy) is 1. The molecule has 6 heteroatoms. The standard InChI is InChI=1S/C15H17N3O3/c19-9-13-10-21-7-6-17(13)15(20)14-8-16-11-18(14)12-4-2-1-3-5-12/h1-5,8,11,13,19H,6-7,9-10H2. The maximum Gasteiger partial charge on any atom is 0.272 e. The number of hydrogen-bond acceptors (Lipinski definition) is 4. The van der Waals surface area contributed by atoms with Crippen LogP contribution < -0.4 is 0 Å². The molecule has 0 saturated carbocycles. The highest BCUT2D eigenvalue weighted by atomic mass is 16.5. The van der Waals surface area contributed by atoms with Gasteiger partial charge in [-0.3, -0.25) is 9.36 Å². The summed E-state index contributed by atoms with van der Waals surface area (Å²) in [7, 11) is 0. The van der Waals surface area contributed by atoms with Gasteiger partial charge in [0.2, 0.25) is 0 Å². The zero-order chi connectivity index (χ0) is 14.7. The van der Waals surface area contributed by atoms with Crippen molar-refractivity contribution >= 4 is 5.91 Å². The average Bonchev–Trinajstić information content (AvgIpc) is 3.04. The number of rotatable bonds is 3. The zero-order valence-corrected chi connectivity index (χ0v) is 11.6. The van der Waals surface area contributed by atoms with E-state index in [1.807, 2.05) is 30.3 Å². The predicted octanol–water partition coefficient (Wildman–Crippen LogP) is 0.706. The number of carbonyl (C=O) groups is 1. The summed E-state index contributed by atoms with van der Waals surface area (Å²) in [5, 5.41) is 9.40. The molecule has 1 atom stereocenters. The molecule has 0 spiro atoms. The van der Waals surface area contributed by atoms with Crippen molar-refractivity contribution in [3.63, 3.8) is 0 Å². The normalized spacial score (nSPS) is 18.7. The van der Waals surface area contributed by atoms with Gasteiger partial charge in [0.1, 0.15) is 5.69 Å². The highest BCUT2D eigenvalue weighted by Gasteiger charge is 2.29. The van der Waals surface area contributed by atoms with E-state index < -0.39 is 0 Å². The van der Waals surface area contributed by atoms with Crippen molar-refractivity contribution in [2.45, 2.75) is 6.04 Å². The van der Waals surface area contributed by atoms with Crippen molar-refractivity contribution in [1.82, 2.24) is 14.5 Å². The third-order valence-corrected chi connectivity index (χ3v) is 3.59. The smallest absolute Gasteiger partial charge is 0.272 e. The van der Waals surface area contributed by atoms with Gasteiger partial charge < -0.3 is 14.7 Å². The maximum atomic E-state index is 12.7. The first-order chi connectivity index (χ1) is 10.3. The molecule has 1 N–H and O–H groups in total. The molecule has 0 radical (unpaired) electrons. The molecule has 1 saturated heterocycles. The van der Waals surface area contributed by atoms with Crippen molar-refractivity contribution in [1.29, 1.82) is 0 Å². The van der Waals surface area contributed by atoms with E-state index in [9.17, 15) is 9.90 Å². The molecule has 0 aliphatic carbocycles. The number of benzene rings is 1. The third kappa shape index (κ3) is 2.68. The van der Waals surface area contributed by atoms with Crippen LogP contribution in [-0.2, 0) is 4.74 Å². The van der Waals surface area contributed by atoms with Crippen molar-refractivity contribution in [3.05, 3.63) is 48.5 Å². The lowest BCUT2D eigenvalue weighted by Gasteiger charge is -2.34. The van der Waals surface area contributed by atoms with Gasteiger partial charge in [-0.15, -0.1) is 0 Å². The molecule has 1 aliphatic heterocycles. The van der Waals surface area contributed by atoms with Gasteiger partial charge >= 0.3 is 0 Å².